The number of carbonyl (C=O) groups excluding carboxylic acids is 1. The van der Waals surface area contributed by atoms with E-state index in [-0.39, 0.29) is 31.4 Å². The number of primary amides is 1. The summed E-state index contributed by atoms with van der Waals surface area (Å²) in [5, 5.41) is 6.80. The maximum absolute atomic E-state index is 10.8. The second-order valence-corrected chi connectivity index (χ2v) is 4.91. The van der Waals surface area contributed by atoms with Crippen molar-refractivity contribution in [1.82, 2.24) is 10.6 Å². The number of nitrogens with one attached hydrogen (secondary N) is 2. The largest absolute Gasteiger partial charge is 1.00 e. The quantitative estimate of drug-likeness (QED) is 0.350. The number of methoxy groups -OCH3 is 1. The number of benzene rings is 1. The molecule has 0 saturated carbocycles. The van der Waals surface area contributed by atoms with Gasteiger partial charge < -0.3 is 50.7 Å². The topological polar surface area (TPSA) is 85.6 Å². The summed E-state index contributed by atoms with van der Waals surface area (Å²) >= 11 is 6.16. The molecule has 1 rings (SSSR count). The smallest absolute Gasteiger partial charge is 0.255 e. The number of nitrogens with two attached hydrogens (primary N) is 1. The Labute approximate surface area is 154 Å². The molecule has 1 aromatic rings. The molecule has 1 amide bonds. The second-order valence-electron chi connectivity index (χ2n) is 4.50. The molecular formula is C14H22Cl3N3O3-2. The Morgan fingerprint density at radius 2 is 2.00 bits per heavy atom. The van der Waals surface area contributed by atoms with Gasteiger partial charge in [-0.3, -0.25) is 4.79 Å². The Morgan fingerprint density at radius 3 is 2.57 bits per heavy atom. The zero-order chi connectivity index (χ0) is 15.7. The monoisotopic (exact) mass is 385 g/mol. The van der Waals surface area contributed by atoms with Crippen molar-refractivity contribution in [2.45, 2.75) is 13.0 Å². The Hall–Kier alpha value is -0.920. The molecule has 0 unspecified atom stereocenters. The van der Waals surface area contributed by atoms with Crippen molar-refractivity contribution >= 4 is 17.5 Å². The molecule has 0 atom stereocenters. The van der Waals surface area contributed by atoms with Crippen LogP contribution in [0.4, 0.5) is 0 Å². The van der Waals surface area contributed by atoms with E-state index in [1.165, 1.54) is 7.11 Å². The molecule has 0 aromatic heterocycles. The molecule has 0 heterocycles. The van der Waals surface area contributed by atoms with Crippen molar-refractivity contribution < 1.29 is 39.1 Å². The zero-order valence-corrected chi connectivity index (χ0v) is 15.4. The first-order valence-corrected chi connectivity index (χ1v) is 7.09. The van der Waals surface area contributed by atoms with Crippen molar-refractivity contribution in [3.05, 3.63) is 22.7 Å². The van der Waals surface area contributed by atoms with Crippen LogP contribution in [0.5, 0.6) is 11.5 Å². The molecule has 0 aliphatic heterocycles. The standard InChI is InChI=1S/C14H22ClN3O3.2ClH/c1-17-4-3-5-18-8-10-6-11(15)14(12(7-10)20-2)21-9-13(16)19;;/h6-7,17-18H,3-5,8-9H2,1-2H3,(H2,16,19);2*1H/p-2. The molecule has 4 N–H and O–H groups in total. The van der Waals surface area contributed by atoms with Crippen LogP contribution >= 0.6 is 11.6 Å². The first-order valence-electron chi connectivity index (χ1n) is 6.71. The van der Waals surface area contributed by atoms with Gasteiger partial charge in [-0.25, -0.2) is 0 Å². The van der Waals surface area contributed by atoms with Gasteiger partial charge in [0.2, 0.25) is 0 Å². The van der Waals surface area contributed by atoms with Crippen LogP contribution in [0.15, 0.2) is 12.1 Å². The molecule has 0 saturated heterocycles. The van der Waals surface area contributed by atoms with Crippen LogP contribution in [-0.4, -0.2) is 39.8 Å². The summed E-state index contributed by atoms with van der Waals surface area (Å²) in [6.07, 6.45) is 1.04. The van der Waals surface area contributed by atoms with Crippen LogP contribution < -0.4 is 50.7 Å². The Bertz CT molecular complexity index is 476. The third-order valence-corrected chi connectivity index (χ3v) is 3.04. The second kappa shape index (κ2) is 13.5. The molecule has 23 heavy (non-hydrogen) atoms. The van der Waals surface area contributed by atoms with Crippen molar-refractivity contribution in [3.8, 4) is 11.5 Å². The molecule has 1 aromatic carbocycles. The summed E-state index contributed by atoms with van der Waals surface area (Å²) in [7, 11) is 3.45. The number of halogens is 3. The summed E-state index contributed by atoms with van der Waals surface area (Å²) < 4.78 is 10.5. The van der Waals surface area contributed by atoms with Gasteiger partial charge in [0.25, 0.3) is 5.91 Å². The molecule has 9 heteroatoms. The SMILES string of the molecule is CNCCCNCc1cc(Cl)c(OCC(N)=O)c(OC)c1.[Cl-].[Cl-]. The molecular weight excluding hydrogens is 365 g/mol. The Balaban J connectivity index is 0. The maximum Gasteiger partial charge on any atom is 0.255 e. The third kappa shape index (κ3) is 9.07. The van der Waals surface area contributed by atoms with Crippen LogP contribution in [0, 0.1) is 0 Å². The third-order valence-electron chi connectivity index (χ3n) is 2.76. The molecule has 0 radical (unpaired) electrons. The van der Waals surface area contributed by atoms with Crippen molar-refractivity contribution in [2.75, 3.05) is 33.9 Å². The molecule has 0 spiro atoms. The van der Waals surface area contributed by atoms with Gasteiger partial charge in [-0.2, -0.15) is 0 Å². The van der Waals surface area contributed by atoms with Gasteiger partial charge in [0.15, 0.2) is 18.1 Å². The Kier molecular flexibility index (Phi) is 14.3. The molecule has 0 aliphatic rings. The van der Waals surface area contributed by atoms with Crippen molar-refractivity contribution in [3.63, 3.8) is 0 Å². The van der Waals surface area contributed by atoms with E-state index in [4.69, 9.17) is 26.8 Å². The number of ether oxygens (including phenoxy) is 2. The van der Waals surface area contributed by atoms with Gasteiger partial charge in [-0.1, -0.05) is 11.6 Å². The van der Waals surface area contributed by atoms with E-state index in [0.29, 0.717) is 23.1 Å². The predicted octanol–water partition coefficient (Wildman–Crippen LogP) is -5.08. The lowest BCUT2D eigenvalue weighted by Crippen LogP contribution is -3.00. The zero-order valence-electron chi connectivity index (χ0n) is 13.1. The van der Waals surface area contributed by atoms with Crippen LogP contribution in [0.1, 0.15) is 12.0 Å². The fourth-order valence-electron chi connectivity index (χ4n) is 1.78. The van der Waals surface area contributed by atoms with Gasteiger partial charge in [0, 0.05) is 6.54 Å². The van der Waals surface area contributed by atoms with E-state index in [1.54, 1.807) is 6.07 Å². The summed E-state index contributed by atoms with van der Waals surface area (Å²) in [6.45, 7) is 2.31. The lowest BCUT2D eigenvalue weighted by molar-refractivity contribution is -0.119. The van der Waals surface area contributed by atoms with Gasteiger partial charge >= 0.3 is 0 Å². The van der Waals surface area contributed by atoms with Crippen LogP contribution in [0.3, 0.4) is 0 Å². The van der Waals surface area contributed by atoms with E-state index < -0.39 is 5.91 Å². The average Bonchev–Trinajstić information content (AvgIpc) is 2.45. The minimum absolute atomic E-state index is 0. The van der Waals surface area contributed by atoms with E-state index in [2.05, 4.69) is 10.6 Å². The highest BCUT2D eigenvalue weighted by Gasteiger charge is 2.12. The number of carbonyl (C=O) groups is 1. The van der Waals surface area contributed by atoms with Crippen LogP contribution in [0.2, 0.25) is 5.02 Å². The highest BCUT2D eigenvalue weighted by Crippen LogP contribution is 2.36. The van der Waals surface area contributed by atoms with E-state index in [9.17, 15) is 4.79 Å². The van der Waals surface area contributed by atoms with Gasteiger partial charge in [0.05, 0.1) is 12.1 Å². The molecule has 6 nitrogen and oxygen atoms in total. The first-order chi connectivity index (χ1) is 10.1. The fraction of sp³-hybridized carbons (Fsp3) is 0.500. The summed E-state index contributed by atoms with van der Waals surface area (Å²) in [4.78, 5) is 10.8. The maximum atomic E-state index is 10.8. The highest BCUT2D eigenvalue weighted by molar-refractivity contribution is 6.32. The molecule has 0 aliphatic carbocycles. The van der Waals surface area contributed by atoms with E-state index in [0.717, 1.165) is 25.1 Å². The van der Waals surface area contributed by atoms with Crippen molar-refractivity contribution in [1.29, 1.82) is 0 Å². The number of hydrogen-bond acceptors (Lipinski definition) is 5. The van der Waals surface area contributed by atoms with Crippen LogP contribution in [0.25, 0.3) is 0 Å². The normalized spacial score (nSPS) is 9.52. The molecule has 134 valence electrons. The van der Waals surface area contributed by atoms with Gasteiger partial charge in [-0.05, 0) is 44.3 Å². The lowest BCUT2D eigenvalue weighted by Gasteiger charge is -2.13. The summed E-state index contributed by atoms with van der Waals surface area (Å²) in [5.41, 5.74) is 6.03. The number of hydrogen-bond donors (Lipinski definition) is 3. The van der Waals surface area contributed by atoms with E-state index >= 15 is 0 Å². The number of rotatable bonds is 10. The minimum Gasteiger partial charge on any atom is -1.00 e. The fourth-order valence-corrected chi connectivity index (χ4v) is 2.07. The lowest BCUT2D eigenvalue weighted by atomic mass is 10.2. The van der Waals surface area contributed by atoms with Gasteiger partial charge in [0.1, 0.15) is 0 Å². The van der Waals surface area contributed by atoms with Crippen LogP contribution in [-0.2, 0) is 11.3 Å². The van der Waals surface area contributed by atoms with Crippen molar-refractivity contribution in [2.24, 2.45) is 5.73 Å². The minimum atomic E-state index is -0.566. The Morgan fingerprint density at radius 1 is 1.30 bits per heavy atom. The van der Waals surface area contributed by atoms with Gasteiger partial charge in [-0.15, -0.1) is 0 Å². The average molecular weight is 387 g/mol. The highest BCUT2D eigenvalue weighted by atomic mass is 35.5. The summed E-state index contributed by atoms with van der Waals surface area (Å²) in [6, 6.07) is 3.61. The predicted molar refractivity (Wildman–Crippen MR) is 82.9 cm³/mol. The summed E-state index contributed by atoms with van der Waals surface area (Å²) in [5.74, 6) is 0.246. The van der Waals surface area contributed by atoms with E-state index in [1.807, 2.05) is 13.1 Å². The molecule has 0 fully saturated rings. The first kappa shape index (κ1) is 24.3. The molecule has 0 bridgehead atoms. The number of amides is 1.